The van der Waals surface area contributed by atoms with Crippen LogP contribution >= 0.6 is 0 Å². The van der Waals surface area contributed by atoms with E-state index in [1.54, 1.807) is 26.7 Å². The Balaban J connectivity index is 2.21. The topological polar surface area (TPSA) is 71.5 Å². The van der Waals surface area contributed by atoms with Crippen molar-refractivity contribution >= 4 is 0 Å². The molecular weight excluding hydrogens is 258 g/mol. The molecule has 0 aliphatic rings. The molecule has 20 heavy (non-hydrogen) atoms. The van der Waals surface area contributed by atoms with E-state index in [9.17, 15) is 0 Å². The van der Waals surface area contributed by atoms with Crippen molar-refractivity contribution in [2.75, 3.05) is 27.4 Å². The predicted molar refractivity (Wildman–Crippen MR) is 74.9 cm³/mol. The van der Waals surface area contributed by atoms with E-state index < -0.39 is 6.29 Å². The molecule has 0 aliphatic carbocycles. The summed E-state index contributed by atoms with van der Waals surface area (Å²) in [4.78, 5) is 4.14. The van der Waals surface area contributed by atoms with E-state index >= 15 is 0 Å². The monoisotopic (exact) mass is 277 g/mol. The first-order valence-corrected chi connectivity index (χ1v) is 6.31. The Hall–Kier alpha value is -1.89. The minimum absolute atomic E-state index is 0.453. The lowest BCUT2D eigenvalue weighted by molar-refractivity contribution is -0.109. The van der Waals surface area contributed by atoms with Gasteiger partial charge in [0, 0.05) is 26.5 Å². The lowest BCUT2D eigenvalue weighted by Gasteiger charge is -2.16. The van der Waals surface area contributed by atoms with Gasteiger partial charge in [0.1, 0.15) is 12.4 Å². The molecule has 2 rings (SSSR count). The second kappa shape index (κ2) is 7.04. The number of ether oxygens (including phenoxy) is 3. The van der Waals surface area contributed by atoms with Crippen LogP contribution < -0.4 is 10.5 Å². The molecule has 0 unspecified atom stereocenters. The van der Waals surface area contributed by atoms with Crippen LogP contribution in [-0.4, -0.2) is 36.9 Å². The summed E-state index contributed by atoms with van der Waals surface area (Å²) in [6.07, 6.45) is 2.98. The van der Waals surface area contributed by atoms with Crippen molar-refractivity contribution in [3.63, 3.8) is 0 Å². The van der Waals surface area contributed by atoms with Gasteiger partial charge < -0.3 is 19.9 Å². The Kier molecular flexibility index (Phi) is 5.11. The summed E-state index contributed by atoms with van der Waals surface area (Å²) >= 11 is 0. The molecule has 0 radical (unpaired) electrons. The van der Waals surface area contributed by atoms with Crippen molar-refractivity contribution in [1.29, 1.82) is 0 Å². The minimum atomic E-state index is -0.453. The number of benzene rings is 1. The van der Waals surface area contributed by atoms with Gasteiger partial charge in [-0.25, -0.2) is 4.98 Å². The minimum Gasteiger partial charge on any atom is -0.492 e. The van der Waals surface area contributed by atoms with E-state index in [1.807, 2.05) is 28.8 Å². The van der Waals surface area contributed by atoms with Crippen LogP contribution in [0.1, 0.15) is 12.0 Å². The van der Waals surface area contributed by atoms with Gasteiger partial charge in [0.15, 0.2) is 0 Å². The predicted octanol–water partition coefficient (Wildman–Crippen LogP) is 1.50. The molecule has 0 saturated carbocycles. The highest BCUT2D eigenvalue weighted by molar-refractivity contribution is 5.38. The average Bonchev–Trinajstić information content (AvgIpc) is 2.96. The fourth-order valence-corrected chi connectivity index (χ4v) is 1.91. The van der Waals surface area contributed by atoms with Crippen molar-refractivity contribution in [3.8, 4) is 11.4 Å². The third-order valence-corrected chi connectivity index (χ3v) is 2.84. The molecule has 0 fully saturated rings. The first-order valence-electron chi connectivity index (χ1n) is 6.31. The van der Waals surface area contributed by atoms with Crippen LogP contribution in [0.3, 0.4) is 0 Å². The van der Waals surface area contributed by atoms with E-state index in [0.29, 0.717) is 13.2 Å². The number of nitrogens with zero attached hydrogens (tertiary/aromatic N) is 2. The quantitative estimate of drug-likeness (QED) is 0.777. The Bertz CT molecular complexity index is 521. The van der Waals surface area contributed by atoms with Crippen molar-refractivity contribution in [3.05, 3.63) is 42.5 Å². The Morgan fingerprint density at radius 1 is 1.20 bits per heavy atom. The highest BCUT2D eigenvalue weighted by atomic mass is 16.7. The number of methoxy groups -OCH3 is 2. The Labute approximate surface area is 118 Å². The number of nitrogens with two attached hydrogens (primary N) is 1. The van der Waals surface area contributed by atoms with Gasteiger partial charge in [-0.3, -0.25) is 4.57 Å². The van der Waals surface area contributed by atoms with Gasteiger partial charge in [-0.1, -0.05) is 0 Å². The molecule has 108 valence electrons. The number of rotatable bonds is 7. The first kappa shape index (κ1) is 14.5. The van der Waals surface area contributed by atoms with E-state index in [-0.39, 0.29) is 0 Å². The van der Waals surface area contributed by atoms with Gasteiger partial charge >= 0.3 is 0 Å². The Morgan fingerprint density at radius 3 is 2.50 bits per heavy atom. The van der Waals surface area contributed by atoms with Crippen molar-refractivity contribution in [1.82, 2.24) is 9.55 Å². The molecule has 0 amide bonds. The van der Waals surface area contributed by atoms with Gasteiger partial charge in [-0.2, -0.15) is 0 Å². The molecule has 1 aromatic carbocycles. The van der Waals surface area contributed by atoms with Crippen LogP contribution in [0, 0.1) is 0 Å². The summed E-state index contributed by atoms with van der Waals surface area (Å²) in [6, 6.07) is 7.67. The largest absolute Gasteiger partial charge is 0.492 e. The standard InChI is InChI=1S/C14H19N3O3/c1-18-14(19-2)13-9-16-10-17(13)11-3-5-12(6-4-11)20-8-7-15/h3-6,9-10,14H,7-8,15H2,1-2H3. The smallest absolute Gasteiger partial charge is 0.200 e. The summed E-state index contributed by atoms with van der Waals surface area (Å²) in [6.45, 7) is 1.00. The summed E-state index contributed by atoms with van der Waals surface area (Å²) in [5.74, 6) is 0.788. The van der Waals surface area contributed by atoms with Crippen molar-refractivity contribution in [2.24, 2.45) is 5.73 Å². The number of imidazole rings is 1. The summed E-state index contributed by atoms with van der Waals surface area (Å²) in [5, 5.41) is 0. The summed E-state index contributed by atoms with van der Waals surface area (Å²) in [5.41, 5.74) is 7.18. The molecule has 0 aliphatic heterocycles. The summed E-state index contributed by atoms with van der Waals surface area (Å²) in [7, 11) is 3.19. The molecule has 0 bridgehead atoms. The maximum atomic E-state index is 5.45. The van der Waals surface area contributed by atoms with Crippen LogP contribution in [0.15, 0.2) is 36.8 Å². The number of hydrogen-bond acceptors (Lipinski definition) is 5. The van der Waals surface area contributed by atoms with E-state index in [4.69, 9.17) is 19.9 Å². The van der Waals surface area contributed by atoms with Crippen LogP contribution in [0.4, 0.5) is 0 Å². The van der Waals surface area contributed by atoms with Gasteiger partial charge in [0.2, 0.25) is 6.29 Å². The third kappa shape index (κ3) is 3.16. The van der Waals surface area contributed by atoms with Crippen molar-refractivity contribution < 1.29 is 14.2 Å². The van der Waals surface area contributed by atoms with E-state index in [0.717, 1.165) is 17.1 Å². The molecule has 2 aromatic rings. The highest BCUT2D eigenvalue weighted by Crippen LogP contribution is 2.22. The molecule has 1 aromatic heterocycles. The van der Waals surface area contributed by atoms with Crippen LogP contribution in [-0.2, 0) is 9.47 Å². The molecule has 6 nitrogen and oxygen atoms in total. The van der Waals surface area contributed by atoms with Crippen molar-refractivity contribution in [2.45, 2.75) is 6.29 Å². The van der Waals surface area contributed by atoms with Crippen LogP contribution in [0.25, 0.3) is 5.69 Å². The molecule has 2 N–H and O–H groups in total. The van der Waals surface area contributed by atoms with Gasteiger partial charge in [-0.15, -0.1) is 0 Å². The molecular formula is C14H19N3O3. The second-order valence-electron chi connectivity index (χ2n) is 4.12. The fraction of sp³-hybridized carbons (Fsp3) is 0.357. The second-order valence-corrected chi connectivity index (χ2v) is 4.12. The normalized spacial score (nSPS) is 11.0. The first-order chi connectivity index (χ1) is 9.80. The molecule has 6 heteroatoms. The molecule has 0 spiro atoms. The maximum absolute atomic E-state index is 5.45. The zero-order valence-electron chi connectivity index (χ0n) is 11.7. The van der Waals surface area contributed by atoms with Gasteiger partial charge in [-0.05, 0) is 24.3 Å². The zero-order chi connectivity index (χ0) is 14.4. The van der Waals surface area contributed by atoms with Crippen LogP contribution in [0.2, 0.25) is 0 Å². The lowest BCUT2D eigenvalue weighted by atomic mass is 10.3. The molecule has 1 heterocycles. The van der Waals surface area contributed by atoms with E-state index in [2.05, 4.69) is 4.98 Å². The van der Waals surface area contributed by atoms with Gasteiger partial charge in [0.25, 0.3) is 0 Å². The highest BCUT2D eigenvalue weighted by Gasteiger charge is 2.15. The summed E-state index contributed by atoms with van der Waals surface area (Å²) < 4.78 is 17.9. The number of aromatic nitrogens is 2. The third-order valence-electron chi connectivity index (χ3n) is 2.84. The van der Waals surface area contributed by atoms with Crippen LogP contribution in [0.5, 0.6) is 5.75 Å². The molecule has 0 atom stereocenters. The number of hydrogen-bond donors (Lipinski definition) is 1. The fourth-order valence-electron chi connectivity index (χ4n) is 1.91. The Morgan fingerprint density at radius 2 is 1.90 bits per heavy atom. The zero-order valence-corrected chi connectivity index (χ0v) is 11.7. The maximum Gasteiger partial charge on any atom is 0.200 e. The van der Waals surface area contributed by atoms with E-state index in [1.165, 1.54) is 0 Å². The lowest BCUT2D eigenvalue weighted by Crippen LogP contribution is -2.11. The molecule has 0 saturated heterocycles. The van der Waals surface area contributed by atoms with Gasteiger partial charge in [0.05, 0.1) is 18.2 Å². The average molecular weight is 277 g/mol. The SMILES string of the molecule is COC(OC)c1cncn1-c1ccc(OCCN)cc1.